The highest BCUT2D eigenvalue weighted by Gasteiger charge is 2.30. The molecular formula is C9H14O2. The molecule has 2 heteroatoms. The first-order valence-electron chi connectivity index (χ1n) is 4.12. The number of Topliss-reactive ketones (excluding diaryl/α,β-unsaturated/α-hetero) is 1. The van der Waals surface area contributed by atoms with Crippen molar-refractivity contribution in [1.82, 2.24) is 0 Å². The van der Waals surface area contributed by atoms with Gasteiger partial charge in [0.2, 0.25) is 0 Å². The normalized spacial score (nSPS) is 32.0. The van der Waals surface area contributed by atoms with Crippen LogP contribution in [-0.4, -0.2) is 16.5 Å². The molecule has 0 aromatic carbocycles. The van der Waals surface area contributed by atoms with Gasteiger partial charge in [-0.15, -0.1) is 0 Å². The molecule has 0 saturated carbocycles. The monoisotopic (exact) mass is 154 g/mol. The molecule has 0 aromatic rings. The summed E-state index contributed by atoms with van der Waals surface area (Å²) in [6.45, 7) is 1.83. The Labute approximate surface area is 66.9 Å². The largest absolute Gasteiger partial charge is 0.378 e. The molecule has 62 valence electrons. The molecule has 11 heavy (non-hydrogen) atoms. The molecule has 1 rings (SSSR count). The van der Waals surface area contributed by atoms with Crippen LogP contribution in [-0.2, 0) is 4.79 Å². The number of hydrogen-bond acceptors (Lipinski definition) is 2. The fraction of sp³-hybridized carbons (Fsp3) is 0.667. The van der Waals surface area contributed by atoms with E-state index in [-0.39, 0.29) is 5.78 Å². The maximum Gasteiger partial charge on any atom is 0.168 e. The van der Waals surface area contributed by atoms with Crippen LogP contribution in [0, 0.1) is 0 Å². The van der Waals surface area contributed by atoms with Gasteiger partial charge in [-0.25, -0.2) is 0 Å². The first-order valence-corrected chi connectivity index (χ1v) is 4.12. The van der Waals surface area contributed by atoms with Crippen molar-refractivity contribution >= 4 is 5.78 Å². The molecule has 0 heterocycles. The van der Waals surface area contributed by atoms with E-state index in [4.69, 9.17) is 0 Å². The average Bonchev–Trinajstić information content (AvgIpc) is 2.16. The Morgan fingerprint density at radius 3 is 3.09 bits per heavy atom. The SMILES string of the molecule is CC[C@@]1(O)C=CCCCC1=O. The number of aliphatic hydroxyl groups is 1. The maximum atomic E-state index is 11.3. The zero-order chi connectivity index (χ0) is 8.32. The quantitative estimate of drug-likeness (QED) is 0.580. The van der Waals surface area contributed by atoms with Crippen molar-refractivity contribution < 1.29 is 9.90 Å². The van der Waals surface area contributed by atoms with Gasteiger partial charge in [-0.05, 0) is 25.3 Å². The summed E-state index contributed by atoms with van der Waals surface area (Å²) in [7, 11) is 0. The first-order chi connectivity index (χ1) is 5.19. The van der Waals surface area contributed by atoms with Crippen molar-refractivity contribution in [3.8, 4) is 0 Å². The van der Waals surface area contributed by atoms with E-state index < -0.39 is 5.60 Å². The molecule has 0 saturated heterocycles. The van der Waals surface area contributed by atoms with Gasteiger partial charge in [-0.3, -0.25) is 4.79 Å². The molecule has 1 atom stereocenters. The van der Waals surface area contributed by atoms with E-state index in [1.165, 1.54) is 0 Å². The zero-order valence-corrected chi connectivity index (χ0v) is 6.84. The molecule has 1 N–H and O–H groups in total. The van der Waals surface area contributed by atoms with Crippen LogP contribution in [0.25, 0.3) is 0 Å². The lowest BCUT2D eigenvalue weighted by atomic mass is 9.94. The van der Waals surface area contributed by atoms with E-state index in [1.807, 2.05) is 13.0 Å². The number of ketones is 1. The predicted octanol–water partition coefficient (Wildman–Crippen LogP) is 1.44. The fourth-order valence-corrected chi connectivity index (χ4v) is 1.28. The lowest BCUT2D eigenvalue weighted by Gasteiger charge is -2.19. The highest BCUT2D eigenvalue weighted by atomic mass is 16.3. The lowest BCUT2D eigenvalue weighted by molar-refractivity contribution is -0.133. The van der Waals surface area contributed by atoms with E-state index in [0.717, 1.165) is 12.8 Å². The molecule has 0 aromatic heterocycles. The zero-order valence-electron chi connectivity index (χ0n) is 6.84. The number of rotatable bonds is 1. The van der Waals surface area contributed by atoms with Crippen molar-refractivity contribution in [3.63, 3.8) is 0 Å². The smallest absolute Gasteiger partial charge is 0.168 e. The summed E-state index contributed by atoms with van der Waals surface area (Å²) >= 11 is 0. The average molecular weight is 154 g/mol. The highest BCUT2D eigenvalue weighted by molar-refractivity contribution is 5.89. The Balaban J connectivity index is 2.80. The summed E-state index contributed by atoms with van der Waals surface area (Å²) in [6.07, 6.45) is 6.32. The molecule has 0 amide bonds. The van der Waals surface area contributed by atoms with Crippen molar-refractivity contribution in [2.24, 2.45) is 0 Å². The third-order valence-electron chi connectivity index (χ3n) is 2.19. The van der Waals surface area contributed by atoms with Gasteiger partial charge in [0, 0.05) is 6.42 Å². The Morgan fingerprint density at radius 1 is 1.73 bits per heavy atom. The molecular weight excluding hydrogens is 140 g/mol. The van der Waals surface area contributed by atoms with E-state index in [2.05, 4.69) is 0 Å². The molecule has 0 fully saturated rings. The minimum Gasteiger partial charge on any atom is -0.378 e. The van der Waals surface area contributed by atoms with Gasteiger partial charge in [0.15, 0.2) is 5.78 Å². The summed E-state index contributed by atoms with van der Waals surface area (Å²) < 4.78 is 0. The lowest BCUT2D eigenvalue weighted by Crippen LogP contribution is -2.34. The number of carbonyl (C=O) groups is 1. The molecule has 1 aliphatic carbocycles. The fourth-order valence-electron chi connectivity index (χ4n) is 1.28. The van der Waals surface area contributed by atoms with Crippen LogP contribution in [0.2, 0.25) is 0 Å². The van der Waals surface area contributed by atoms with E-state index in [0.29, 0.717) is 12.8 Å². The second-order valence-corrected chi connectivity index (χ2v) is 3.00. The summed E-state index contributed by atoms with van der Waals surface area (Å²) in [5.41, 5.74) is -1.16. The van der Waals surface area contributed by atoms with Crippen LogP contribution in [0.15, 0.2) is 12.2 Å². The van der Waals surface area contributed by atoms with Gasteiger partial charge in [-0.1, -0.05) is 13.0 Å². The minimum atomic E-state index is -1.16. The van der Waals surface area contributed by atoms with Crippen LogP contribution in [0.1, 0.15) is 32.6 Å². The van der Waals surface area contributed by atoms with E-state index >= 15 is 0 Å². The van der Waals surface area contributed by atoms with Crippen LogP contribution in [0.3, 0.4) is 0 Å². The maximum absolute atomic E-state index is 11.3. The third-order valence-corrected chi connectivity index (χ3v) is 2.19. The molecule has 1 aliphatic rings. The molecule has 0 aliphatic heterocycles. The number of carbonyl (C=O) groups excluding carboxylic acids is 1. The number of hydrogen-bond donors (Lipinski definition) is 1. The third kappa shape index (κ3) is 1.69. The Kier molecular flexibility index (Phi) is 2.45. The molecule has 0 bridgehead atoms. The molecule has 0 spiro atoms. The van der Waals surface area contributed by atoms with Gasteiger partial charge in [-0.2, -0.15) is 0 Å². The summed E-state index contributed by atoms with van der Waals surface area (Å²) in [4.78, 5) is 11.3. The molecule has 0 unspecified atom stereocenters. The topological polar surface area (TPSA) is 37.3 Å². The van der Waals surface area contributed by atoms with Crippen LogP contribution < -0.4 is 0 Å². The Bertz CT molecular complexity index is 184. The molecule has 2 nitrogen and oxygen atoms in total. The predicted molar refractivity (Wildman–Crippen MR) is 43.2 cm³/mol. The van der Waals surface area contributed by atoms with Crippen molar-refractivity contribution in [2.45, 2.75) is 38.2 Å². The van der Waals surface area contributed by atoms with E-state index in [9.17, 15) is 9.90 Å². The van der Waals surface area contributed by atoms with Gasteiger partial charge in [0.1, 0.15) is 5.60 Å². The van der Waals surface area contributed by atoms with Crippen molar-refractivity contribution in [3.05, 3.63) is 12.2 Å². The van der Waals surface area contributed by atoms with Crippen LogP contribution in [0.4, 0.5) is 0 Å². The number of allylic oxidation sites excluding steroid dienone is 1. The first kappa shape index (κ1) is 8.47. The van der Waals surface area contributed by atoms with Crippen LogP contribution in [0.5, 0.6) is 0 Å². The van der Waals surface area contributed by atoms with Gasteiger partial charge in [0.05, 0.1) is 0 Å². The standard InChI is InChI=1S/C9H14O2/c1-2-9(11)7-5-3-4-6-8(9)10/h5,7,11H,2-4,6H2,1H3/t9-/m1/s1. The Hall–Kier alpha value is -0.630. The van der Waals surface area contributed by atoms with Crippen molar-refractivity contribution in [2.75, 3.05) is 0 Å². The minimum absolute atomic E-state index is 0.0336. The van der Waals surface area contributed by atoms with Crippen molar-refractivity contribution in [1.29, 1.82) is 0 Å². The summed E-state index contributed by atoms with van der Waals surface area (Å²) in [5.74, 6) is -0.0336. The second-order valence-electron chi connectivity index (χ2n) is 3.00. The molecule has 0 radical (unpaired) electrons. The van der Waals surface area contributed by atoms with Gasteiger partial charge < -0.3 is 5.11 Å². The van der Waals surface area contributed by atoms with Gasteiger partial charge in [0.25, 0.3) is 0 Å². The highest BCUT2D eigenvalue weighted by Crippen LogP contribution is 2.20. The Morgan fingerprint density at radius 2 is 2.45 bits per heavy atom. The summed E-state index contributed by atoms with van der Waals surface area (Å²) in [6, 6.07) is 0. The summed E-state index contributed by atoms with van der Waals surface area (Å²) in [5, 5.41) is 9.69. The van der Waals surface area contributed by atoms with E-state index in [1.54, 1.807) is 6.08 Å². The van der Waals surface area contributed by atoms with Gasteiger partial charge >= 0.3 is 0 Å². The second kappa shape index (κ2) is 3.18. The van der Waals surface area contributed by atoms with Crippen LogP contribution >= 0.6 is 0 Å².